The molecule has 0 radical (unpaired) electrons. The van der Waals surface area contributed by atoms with Crippen molar-refractivity contribution in [1.29, 1.82) is 0 Å². The monoisotopic (exact) mass is 296 g/mol. The van der Waals surface area contributed by atoms with E-state index in [1.54, 1.807) is 7.11 Å². The van der Waals surface area contributed by atoms with Gasteiger partial charge in [-0.05, 0) is 50.4 Å². The maximum Gasteiger partial charge on any atom is 0.0698 e. The standard InChI is InChI=1S/C16H25ClN2O/c1-16(12-18,10-13-5-7-14(17)8-6-13)19-9-3-4-15(11-19)20-2/h5-8,15H,3-4,9-12,18H2,1-2H3. The quantitative estimate of drug-likeness (QED) is 0.908. The fraction of sp³-hybridized carbons (Fsp3) is 0.625. The Bertz CT molecular complexity index is 423. The second kappa shape index (κ2) is 6.90. The van der Waals surface area contributed by atoms with E-state index in [0.717, 1.165) is 31.0 Å². The topological polar surface area (TPSA) is 38.5 Å². The lowest BCUT2D eigenvalue weighted by Gasteiger charge is -2.45. The van der Waals surface area contributed by atoms with Crippen LogP contribution in [0.5, 0.6) is 0 Å². The van der Waals surface area contributed by atoms with E-state index in [1.807, 2.05) is 12.1 Å². The van der Waals surface area contributed by atoms with E-state index < -0.39 is 0 Å². The molecule has 20 heavy (non-hydrogen) atoms. The van der Waals surface area contributed by atoms with E-state index in [2.05, 4.69) is 24.0 Å². The Kier molecular flexibility index (Phi) is 5.44. The van der Waals surface area contributed by atoms with Gasteiger partial charge in [-0.1, -0.05) is 23.7 Å². The number of rotatable bonds is 5. The first-order valence-corrected chi connectivity index (χ1v) is 7.67. The highest BCUT2D eigenvalue weighted by atomic mass is 35.5. The van der Waals surface area contributed by atoms with Gasteiger partial charge in [0.1, 0.15) is 0 Å². The molecule has 3 nitrogen and oxygen atoms in total. The summed E-state index contributed by atoms with van der Waals surface area (Å²) in [6.07, 6.45) is 3.60. The van der Waals surface area contributed by atoms with Crippen LogP contribution in [0.15, 0.2) is 24.3 Å². The molecule has 0 saturated carbocycles. The molecular weight excluding hydrogens is 272 g/mol. The third-order valence-corrected chi connectivity index (χ3v) is 4.66. The molecule has 1 saturated heterocycles. The predicted molar refractivity (Wildman–Crippen MR) is 84.2 cm³/mol. The zero-order valence-electron chi connectivity index (χ0n) is 12.4. The van der Waals surface area contributed by atoms with Crippen molar-refractivity contribution in [2.24, 2.45) is 5.73 Å². The average molecular weight is 297 g/mol. The lowest BCUT2D eigenvalue weighted by Crippen LogP contribution is -2.57. The molecule has 1 aromatic rings. The SMILES string of the molecule is COC1CCCN(C(C)(CN)Cc2ccc(Cl)cc2)C1. The lowest BCUT2D eigenvalue weighted by molar-refractivity contribution is -0.0113. The molecule has 4 heteroatoms. The van der Waals surface area contributed by atoms with E-state index in [4.69, 9.17) is 22.1 Å². The van der Waals surface area contributed by atoms with Crippen molar-refractivity contribution in [3.63, 3.8) is 0 Å². The molecule has 2 N–H and O–H groups in total. The Morgan fingerprint density at radius 1 is 1.40 bits per heavy atom. The second-order valence-electron chi connectivity index (χ2n) is 5.95. The molecule has 1 fully saturated rings. The highest BCUT2D eigenvalue weighted by Crippen LogP contribution is 2.25. The predicted octanol–water partition coefficient (Wildman–Crippen LogP) is 2.71. The Morgan fingerprint density at radius 2 is 2.10 bits per heavy atom. The van der Waals surface area contributed by atoms with Crippen LogP contribution in [0.4, 0.5) is 0 Å². The summed E-state index contributed by atoms with van der Waals surface area (Å²) in [5, 5.41) is 0.778. The van der Waals surface area contributed by atoms with E-state index in [1.165, 1.54) is 12.0 Å². The number of hydrogen-bond acceptors (Lipinski definition) is 3. The summed E-state index contributed by atoms with van der Waals surface area (Å²) in [4.78, 5) is 2.49. The van der Waals surface area contributed by atoms with Crippen LogP contribution in [0.3, 0.4) is 0 Å². The number of hydrogen-bond donors (Lipinski definition) is 1. The first-order valence-electron chi connectivity index (χ1n) is 7.30. The minimum atomic E-state index is -0.0228. The molecule has 0 aromatic heterocycles. The summed E-state index contributed by atoms with van der Waals surface area (Å²) < 4.78 is 5.53. The molecule has 1 aromatic carbocycles. The Morgan fingerprint density at radius 3 is 2.70 bits per heavy atom. The van der Waals surface area contributed by atoms with Crippen LogP contribution in [0.25, 0.3) is 0 Å². The Balaban J connectivity index is 2.09. The molecule has 0 aliphatic carbocycles. The minimum Gasteiger partial charge on any atom is -0.380 e. The van der Waals surface area contributed by atoms with Gasteiger partial charge in [0, 0.05) is 30.8 Å². The van der Waals surface area contributed by atoms with Crippen LogP contribution >= 0.6 is 11.6 Å². The number of halogens is 1. The Labute approximate surface area is 127 Å². The second-order valence-corrected chi connectivity index (χ2v) is 6.39. The van der Waals surface area contributed by atoms with Crippen LogP contribution in [-0.4, -0.2) is 43.3 Å². The van der Waals surface area contributed by atoms with Gasteiger partial charge < -0.3 is 10.5 Å². The maximum absolute atomic E-state index is 6.09. The third kappa shape index (κ3) is 3.73. The van der Waals surface area contributed by atoms with Crippen molar-refractivity contribution >= 4 is 11.6 Å². The maximum atomic E-state index is 6.09. The molecule has 1 heterocycles. The number of ether oxygens (including phenoxy) is 1. The molecule has 1 aliphatic heterocycles. The highest BCUT2D eigenvalue weighted by molar-refractivity contribution is 6.30. The molecule has 1 aliphatic rings. The lowest BCUT2D eigenvalue weighted by atomic mass is 9.88. The van der Waals surface area contributed by atoms with Crippen molar-refractivity contribution in [2.75, 3.05) is 26.7 Å². The Hall–Kier alpha value is -0.610. The van der Waals surface area contributed by atoms with Gasteiger partial charge in [-0.25, -0.2) is 0 Å². The summed E-state index contributed by atoms with van der Waals surface area (Å²) in [6.45, 7) is 4.96. The number of benzene rings is 1. The van der Waals surface area contributed by atoms with Crippen LogP contribution in [0.2, 0.25) is 5.02 Å². The molecule has 2 unspecified atom stereocenters. The molecule has 112 valence electrons. The van der Waals surface area contributed by atoms with Gasteiger partial charge in [-0.15, -0.1) is 0 Å². The largest absolute Gasteiger partial charge is 0.380 e. The minimum absolute atomic E-state index is 0.0228. The third-order valence-electron chi connectivity index (χ3n) is 4.41. The van der Waals surface area contributed by atoms with Crippen molar-refractivity contribution in [2.45, 2.75) is 37.8 Å². The van der Waals surface area contributed by atoms with Crippen molar-refractivity contribution in [3.05, 3.63) is 34.9 Å². The van der Waals surface area contributed by atoms with Crippen molar-refractivity contribution < 1.29 is 4.74 Å². The average Bonchev–Trinajstić information content (AvgIpc) is 2.49. The molecular formula is C16H25ClN2O. The van der Waals surface area contributed by atoms with Gasteiger partial charge in [0.05, 0.1) is 6.10 Å². The van der Waals surface area contributed by atoms with Gasteiger partial charge in [0.2, 0.25) is 0 Å². The van der Waals surface area contributed by atoms with Crippen molar-refractivity contribution in [3.8, 4) is 0 Å². The first kappa shape index (κ1) is 15.8. The van der Waals surface area contributed by atoms with E-state index in [0.29, 0.717) is 12.6 Å². The van der Waals surface area contributed by atoms with Crippen LogP contribution in [0, 0.1) is 0 Å². The first-order chi connectivity index (χ1) is 9.57. The molecule has 0 spiro atoms. The van der Waals surface area contributed by atoms with Crippen LogP contribution in [-0.2, 0) is 11.2 Å². The normalized spacial score (nSPS) is 23.5. The fourth-order valence-corrected chi connectivity index (χ4v) is 3.10. The zero-order valence-corrected chi connectivity index (χ0v) is 13.2. The van der Waals surface area contributed by atoms with Crippen molar-refractivity contribution in [1.82, 2.24) is 4.90 Å². The molecule has 0 bridgehead atoms. The van der Waals surface area contributed by atoms with E-state index in [-0.39, 0.29) is 5.54 Å². The summed E-state index contributed by atoms with van der Waals surface area (Å²) >= 11 is 5.95. The molecule has 0 amide bonds. The van der Waals surface area contributed by atoms with Crippen LogP contribution < -0.4 is 5.73 Å². The summed E-state index contributed by atoms with van der Waals surface area (Å²) in [7, 11) is 1.80. The number of methoxy groups -OCH3 is 1. The molecule has 2 rings (SSSR count). The van der Waals surface area contributed by atoms with Crippen LogP contribution in [0.1, 0.15) is 25.3 Å². The summed E-state index contributed by atoms with van der Waals surface area (Å²) in [5.74, 6) is 0. The smallest absolute Gasteiger partial charge is 0.0698 e. The number of nitrogens with zero attached hydrogens (tertiary/aromatic N) is 1. The zero-order chi connectivity index (χ0) is 14.6. The van der Waals surface area contributed by atoms with E-state index in [9.17, 15) is 0 Å². The summed E-state index contributed by atoms with van der Waals surface area (Å²) in [6, 6.07) is 8.08. The fourth-order valence-electron chi connectivity index (χ4n) is 2.98. The van der Waals surface area contributed by atoms with Gasteiger partial charge >= 0.3 is 0 Å². The van der Waals surface area contributed by atoms with Gasteiger partial charge in [-0.2, -0.15) is 0 Å². The molecule has 2 atom stereocenters. The van der Waals surface area contributed by atoms with Gasteiger partial charge in [-0.3, -0.25) is 4.90 Å². The highest BCUT2D eigenvalue weighted by Gasteiger charge is 2.34. The van der Waals surface area contributed by atoms with E-state index >= 15 is 0 Å². The number of piperidine rings is 1. The number of nitrogens with two attached hydrogens (primary N) is 1. The van der Waals surface area contributed by atoms with Gasteiger partial charge in [0.25, 0.3) is 0 Å². The summed E-state index contributed by atoms with van der Waals surface area (Å²) in [5.41, 5.74) is 7.35. The van der Waals surface area contributed by atoms with Gasteiger partial charge in [0.15, 0.2) is 0 Å². The number of likely N-dealkylation sites (tertiary alicyclic amines) is 1.